The Hall–Kier alpha value is -9.02. The summed E-state index contributed by atoms with van der Waals surface area (Å²) in [5.74, 6) is -2.54. The fourth-order valence-electron chi connectivity index (χ4n) is 7.14. The molecule has 6 aromatic rings. The number of carboxylic acid groups (broad SMARTS) is 2. The largest absolute Gasteiger partial charge is 0.477 e. The zero-order chi connectivity index (χ0) is 46.1. The number of benzene rings is 6. The first-order valence-electron chi connectivity index (χ1n) is 21.0. The average Bonchev–Trinajstić information content (AvgIpc) is 3.34. The molecule has 0 aliphatic rings. The van der Waals surface area contributed by atoms with E-state index in [1.54, 1.807) is 36.4 Å². The van der Waals surface area contributed by atoms with Crippen LogP contribution in [0.2, 0.25) is 0 Å². The van der Waals surface area contributed by atoms with Crippen LogP contribution in [-0.4, -0.2) is 28.7 Å². The molecule has 0 saturated carbocycles. The fraction of sp³-hybridized carbons (Fsp3) is 0.107. The van der Waals surface area contributed by atoms with E-state index >= 15 is 0 Å². The van der Waals surface area contributed by atoms with Gasteiger partial charge in [0, 0.05) is 17.9 Å². The van der Waals surface area contributed by atoms with E-state index in [1.165, 1.54) is 12.2 Å². The van der Waals surface area contributed by atoms with Crippen LogP contribution in [0.3, 0.4) is 0 Å². The average molecular weight is 850 g/mol. The van der Waals surface area contributed by atoms with Crippen molar-refractivity contribution in [3.8, 4) is 46.5 Å². The van der Waals surface area contributed by atoms with Crippen molar-refractivity contribution < 1.29 is 19.8 Å². The maximum Gasteiger partial charge on any atom is 0.346 e. The van der Waals surface area contributed by atoms with Crippen molar-refractivity contribution in [2.24, 2.45) is 0 Å². The highest BCUT2D eigenvalue weighted by molar-refractivity contribution is 5.97. The number of rotatable bonds is 17. The number of allylic oxidation sites excluding steroid dienone is 2. The highest BCUT2D eigenvalue weighted by atomic mass is 16.4. The summed E-state index contributed by atoms with van der Waals surface area (Å²) in [4.78, 5) is 24.7. The molecule has 9 heteroatoms. The smallest absolute Gasteiger partial charge is 0.346 e. The van der Waals surface area contributed by atoms with Gasteiger partial charge >= 0.3 is 11.9 Å². The van der Waals surface area contributed by atoms with Crippen molar-refractivity contribution in [1.29, 1.82) is 21.0 Å². The van der Waals surface area contributed by atoms with E-state index in [-0.39, 0.29) is 11.1 Å². The lowest BCUT2D eigenvalue weighted by molar-refractivity contribution is -0.133. The topological polar surface area (TPSA) is 173 Å². The maximum absolute atomic E-state index is 11.2. The van der Waals surface area contributed by atoms with Gasteiger partial charge in [0.2, 0.25) is 0 Å². The fourth-order valence-corrected chi connectivity index (χ4v) is 7.14. The number of hydrogen-bond donors (Lipinski definition) is 2. The summed E-state index contributed by atoms with van der Waals surface area (Å²) in [6, 6.07) is 54.2. The molecule has 6 rings (SSSR count). The summed E-state index contributed by atoms with van der Waals surface area (Å²) in [7, 11) is 0. The quantitative estimate of drug-likeness (QED) is 0.0392. The van der Waals surface area contributed by atoms with Gasteiger partial charge in [0.15, 0.2) is 0 Å². The Balaban J connectivity index is 1.16. The summed E-state index contributed by atoms with van der Waals surface area (Å²) in [6.07, 6.45) is 10.8. The minimum absolute atomic E-state index is 0.336. The van der Waals surface area contributed by atoms with Gasteiger partial charge in [-0.15, -0.1) is 0 Å². The monoisotopic (exact) mass is 849 g/mol. The molecule has 0 bridgehead atoms. The van der Waals surface area contributed by atoms with Crippen molar-refractivity contribution in [2.75, 3.05) is 11.4 Å². The summed E-state index contributed by atoms with van der Waals surface area (Å²) in [5, 5.41) is 56.7. The van der Waals surface area contributed by atoms with Crippen LogP contribution in [0.5, 0.6) is 0 Å². The van der Waals surface area contributed by atoms with Crippen LogP contribution in [0.4, 0.5) is 11.4 Å². The zero-order valence-electron chi connectivity index (χ0n) is 35.6. The van der Waals surface area contributed by atoms with E-state index in [9.17, 15) is 20.1 Å². The highest BCUT2D eigenvalue weighted by Crippen LogP contribution is 2.31. The molecule has 0 radical (unpaired) electrons. The Morgan fingerprint density at radius 3 is 1.08 bits per heavy atom. The maximum atomic E-state index is 11.2. The summed E-state index contributed by atoms with van der Waals surface area (Å²) >= 11 is 0. The van der Waals surface area contributed by atoms with Crippen LogP contribution in [0.25, 0.3) is 57.7 Å². The number of carbonyl (C=O) groups is 2. The predicted octanol–water partition coefficient (Wildman–Crippen LogP) is 12.9. The van der Waals surface area contributed by atoms with E-state index in [0.29, 0.717) is 22.3 Å². The first-order valence-corrected chi connectivity index (χ1v) is 21.0. The van der Waals surface area contributed by atoms with Crippen molar-refractivity contribution in [2.45, 2.75) is 32.6 Å². The molecule has 0 amide bonds. The molecule has 6 aromatic carbocycles. The van der Waals surface area contributed by atoms with Gasteiger partial charge in [-0.1, -0.05) is 148 Å². The van der Waals surface area contributed by atoms with Gasteiger partial charge in [-0.2, -0.15) is 21.0 Å². The van der Waals surface area contributed by atoms with Gasteiger partial charge in [-0.3, -0.25) is 0 Å². The van der Waals surface area contributed by atoms with Crippen LogP contribution < -0.4 is 4.90 Å². The third-order valence-electron chi connectivity index (χ3n) is 10.7. The lowest BCUT2D eigenvalue weighted by Crippen LogP contribution is -2.18. The van der Waals surface area contributed by atoms with Crippen molar-refractivity contribution >= 4 is 58.8 Å². The molecule has 65 heavy (non-hydrogen) atoms. The van der Waals surface area contributed by atoms with Gasteiger partial charge in [0.25, 0.3) is 0 Å². The SMILES string of the molecule is CCCCCCN(c1ccc(/C=C(\C#N)c2ccc(-c3ccc(/C=C(\C#N)C(=O)O)cc3)cc2)cc1)c1ccc(/C=C(\C#N)c2ccc(-c3ccc(/C=C(\C#N)C(=O)O)cc3)cc2)cc1. The lowest BCUT2D eigenvalue weighted by atomic mass is 9.98. The molecule has 0 aromatic heterocycles. The highest BCUT2D eigenvalue weighted by Gasteiger charge is 2.12. The van der Waals surface area contributed by atoms with Gasteiger partial charge < -0.3 is 15.1 Å². The predicted molar refractivity (Wildman–Crippen MR) is 257 cm³/mol. The van der Waals surface area contributed by atoms with E-state index < -0.39 is 11.9 Å². The second-order valence-corrected chi connectivity index (χ2v) is 15.1. The minimum Gasteiger partial charge on any atom is -0.477 e. The number of carboxylic acids is 2. The van der Waals surface area contributed by atoms with Crippen molar-refractivity contribution in [1.82, 2.24) is 0 Å². The molecule has 0 saturated heterocycles. The Bertz CT molecular complexity index is 2750. The van der Waals surface area contributed by atoms with Crippen LogP contribution in [-0.2, 0) is 9.59 Å². The van der Waals surface area contributed by atoms with E-state index in [0.717, 1.165) is 88.1 Å². The summed E-state index contributed by atoms with van der Waals surface area (Å²) < 4.78 is 0. The van der Waals surface area contributed by atoms with E-state index in [2.05, 4.69) is 48.2 Å². The molecule has 316 valence electrons. The Labute approximate surface area is 378 Å². The Morgan fingerprint density at radius 2 is 0.769 bits per heavy atom. The molecule has 9 nitrogen and oxygen atoms in total. The van der Waals surface area contributed by atoms with Crippen molar-refractivity contribution in [3.05, 3.63) is 190 Å². The second kappa shape index (κ2) is 22.2. The van der Waals surface area contributed by atoms with Crippen LogP contribution in [0.15, 0.2) is 157 Å². The van der Waals surface area contributed by atoms with Gasteiger partial charge in [-0.25, -0.2) is 9.59 Å². The van der Waals surface area contributed by atoms with Crippen LogP contribution in [0, 0.1) is 45.3 Å². The van der Waals surface area contributed by atoms with Gasteiger partial charge in [-0.05, 0) is 111 Å². The number of aliphatic carboxylic acids is 2. The molecular formula is C56H43N5O4. The summed E-state index contributed by atoms with van der Waals surface area (Å²) in [5.41, 5.74) is 10.6. The molecule has 0 unspecified atom stereocenters. The Kier molecular flexibility index (Phi) is 15.5. The normalized spacial score (nSPS) is 11.7. The molecule has 0 spiro atoms. The molecule has 0 heterocycles. The minimum atomic E-state index is -1.27. The van der Waals surface area contributed by atoms with Crippen LogP contribution in [0.1, 0.15) is 66.0 Å². The first-order chi connectivity index (χ1) is 31.6. The number of hydrogen-bond acceptors (Lipinski definition) is 7. The molecule has 2 N–H and O–H groups in total. The summed E-state index contributed by atoms with van der Waals surface area (Å²) in [6.45, 7) is 3.01. The van der Waals surface area contributed by atoms with Gasteiger partial charge in [0.05, 0.1) is 23.3 Å². The molecule has 0 aliphatic carbocycles. The Morgan fingerprint density at radius 1 is 0.446 bits per heavy atom. The third-order valence-corrected chi connectivity index (χ3v) is 10.7. The first kappa shape index (κ1) is 45.5. The number of anilines is 2. The van der Waals surface area contributed by atoms with E-state index in [1.807, 2.05) is 109 Å². The second-order valence-electron chi connectivity index (χ2n) is 15.1. The molecule has 0 aliphatic heterocycles. The van der Waals surface area contributed by atoms with Gasteiger partial charge in [0.1, 0.15) is 23.3 Å². The van der Waals surface area contributed by atoms with E-state index in [4.69, 9.17) is 20.7 Å². The number of unbranched alkanes of at least 4 members (excludes halogenated alkanes) is 3. The number of nitrogens with zero attached hydrogens (tertiary/aromatic N) is 5. The molecule has 0 fully saturated rings. The third kappa shape index (κ3) is 12.1. The molecule has 0 atom stereocenters. The standard InChI is InChI=1S/C56H43N5O4/c1-2-3-4-5-30-61(53-26-10-41(11-27-53)31-49(35-57)47-22-18-45(19-23-47)43-14-6-39(7-15-43)33-51(37-59)55(62)63)54-28-12-42(13-29-54)32-50(36-58)48-24-20-46(21-25-48)44-16-8-40(9-17-44)34-52(38-60)56(64)65/h6-29,31-34H,2-5,30H2,1H3,(H,62,63)(H,64,65)/b49-31+,50-32+,51-33+,52-34+. The molecular weight excluding hydrogens is 807 g/mol. The number of nitriles is 4. The zero-order valence-corrected chi connectivity index (χ0v) is 35.6. The van der Waals surface area contributed by atoms with Crippen LogP contribution >= 0.6 is 0 Å². The van der Waals surface area contributed by atoms with Crippen molar-refractivity contribution in [3.63, 3.8) is 0 Å². The lowest BCUT2D eigenvalue weighted by Gasteiger charge is -2.25.